The molecule has 3 rings (SSSR count). The zero-order valence-electron chi connectivity index (χ0n) is 16.3. The Balaban J connectivity index is 1.91. The van der Waals surface area contributed by atoms with E-state index >= 15 is 0 Å². The van der Waals surface area contributed by atoms with Crippen LogP contribution in [0.3, 0.4) is 0 Å². The summed E-state index contributed by atoms with van der Waals surface area (Å²) < 4.78 is 7.92. The molecule has 0 spiro atoms. The number of carbonyl (C=O) groups excluding carboxylic acids is 1. The molecule has 1 aromatic carbocycles. The van der Waals surface area contributed by atoms with Gasteiger partial charge in [0.2, 0.25) is 5.91 Å². The van der Waals surface area contributed by atoms with Gasteiger partial charge >= 0.3 is 0 Å². The minimum atomic E-state index is -0.310. The van der Waals surface area contributed by atoms with Crippen LogP contribution in [-0.4, -0.2) is 51.9 Å². The summed E-state index contributed by atoms with van der Waals surface area (Å²) in [4.78, 5) is 32.5. The molecular formula is C20H26BrN3O3S. The van der Waals surface area contributed by atoms with Crippen LogP contribution in [0.25, 0.3) is 10.9 Å². The number of hydrogen-bond acceptors (Lipinski definition) is 5. The maximum Gasteiger partial charge on any atom is 0.262 e. The first-order valence-electron chi connectivity index (χ1n) is 9.74. The number of unbranched alkanes of at least 4 members (excludes halogenated alkanes) is 2. The van der Waals surface area contributed by atoms with E-state index in [9.17, 15) is 9.59 Å². The van der Waals surface area contributed by atoms with Crippen LogP contribution in [0.15, 0.2) is 32.6 Å². The van der Waals surface area contributed by atoms with Gasteiger partial charge in [-0.15, -0.1) is 0 Å². The number of halogens is 1. The quantitative estimate of drug-likeness (QED) is 0.352. The summed E-state index contributed by atoms with van der Waals surface area (Å²) in [6.45, 7) is 7.03. The van der Waals surface area contributed by atoms with Gasteiger partial charge in [-0.05, 0) is 31.5 Å². The van der Waals surface area contributed by atoms with E-state index < -0.39 is 0 Å². The largest absolute Gasteiger partial charge is 0.378 e. The highest BCUT2D eigenvalue weighted by atomic mass is 79.9. The van der Waals surface area contributed by atoms with E-state index in [1.807, 2.05) is 30.0 Å². The number of benzene rings is 1. The Labute approximate surface area is 177 Å². The van der Waals surface area contributed by atoms with Gasteiger partial charge in [0.25, 0.3) is 5.56 Å². The smallest absolute Gasteiger partial charge is 0.262 e. The van der Waals surface area contributed by atoms with Gasteiger partial charge in [0.15, 0.2) is 5.16 Å². The van der Waals surface area contributed by atoms with Crippen molar-refractivity contribution < 1.29 is 9.53 Å². The molecule has 28 heavy (non-hydrogen) atoms. The number of amides is 1. The number of thioether (sulfide) groups is 1. The Morgan fingerprint density at radius 3 is 2.79 bits per heavy atom. The third-order valence-electron chi connectivity index (χ3n) is 4.82. The van der Waals surface area contributed by atoms with Crippen molar-refractivity contribution in [2.24, 2.45) is 0 Å². The van der Waals surface area contributed by atoms with E-state index in [-0.39, 0.29) is 16.7 Å². The van der Waals surface area contributed by atoms with Crippen LogP contribution in [0.5, 0.6) is 0 Å². The summed E-state index contributed by atoms with van der Waals surface area (Å²) in [5, 5.41) is 0.905. The van der Waals surface area contributed by atoms with Crippen LogP contribution in [0.2, 0.25) is 0 Å². The van der Waals surface area contributed by atoms with Crippen LogP contribution in [-0.2, 0) is 16.1 Å². The molecule has 2 heterocycles. The van der Waals surface area contributed by atoms with Gasteiger partial charge in [0, 0.05) is 24.1 Å². The fraction of sp³-hybridized carbons (Fsp3) is 0.550. The first kappa shape index (κ1) is 21.3. The van der Waals surface area contributed by atoms with Crippen molar-refractivity contribution in [1.29, 1.82) is 0 Å². The maximum absolute atomic E-state index is 13.1. The van der Waals surface area contributed by atoms with Crippen LogP contribution in [0.4, 0.5) is 0 Å². The third kappa shape index (κ3) is 4.96. The second-order valence-electron chi connectivity index (χ2n) is 6.92. The molecule has 152 valence electrons. The lowest BCUT2D eigenvalue weighted by Crippen LogP contribution is -2.44. The average molecular weight is 468 g/mol. The lowest BCUT2D eigenvalue weighted by atomic mass is 10.2. The molecule has 0 N–H and O–H groups in total. The van der Waals surface area contributed by atoms with Gasteiger partial charge in [-0.2, -0.15) is 0 Å². The summed E-state index contributed by atoms with van der Waals surface area (Å²) in [6.07, 6.45) is 3.04. The summed E-state index contributed by atoms with van der Waals surface area (Å²) in [6, 6.07) is 5.54. The van der Waals surface area contributed by atoms with E-state index in [0.717, 1.165) is 23.7 Å². The minimum absolute atomic E-state index is 0.0454. The van der Waals surface area contributed by atoms with E-state index in [0.29, 0.717) is 48.9 Å². The number of carbonyl (C=O) groups is 1. The zero-order chi connectivity index (χ0) is 20.1. The Hall–Kier alpha value is -1.38. The second kappa shape index (κ2) is 9.89. The molecular weight excluding hydrogens is 442 g/mol. The molecule has 6 nitrogen and oxygen atoms in total. The number of rotatable bonds is 7. The number of fused-ring (bicyclic) bond motifs is 1. The molecule has 0 radical (unpaired) electrons. The molecule has 1 fully saturated rings. The Morgan fingerprint density at radius 1 is 1.32 bits per heavy atom. The van der Waals surface area contributed by atoms with Gasteiger partial charge in [0.1, 0.15) is 0 Å². The highest BCUT2D eigenvalue weighted by Crippen LogP contribution is 2.25. The van der Waals surface area contributed by atoms with E-state index in [1.165, 1.54) is 11.8 Å². The van der Waals surface area contributed by atoms with Gasteiger partial charge in [-0.3, -0.25) is 14.2 Å². The SMILES string of the molecule is CCCCCn1c(SC(C)C(=O)N2CCOCC2)nc2ccc(Br)cc2c1=O. The summed E-state index contributed by atoms with van der Waals surface area (Å²) in [7, 11) is 0. The lowest BCUT2D eigenvalue weighted by Gasteiger charge is -2.29. The van der Waals surface area contributed by atoms with Crippen LogP contribution in [0.1, 0.15) is 33.1 Å². The molecule has 1 aliphatic heterocycles. The highest BCUT2D eigenvalue weighted by molar-refractivity contribution is 9.10. The Bertz CT molecular complexity index is 896. The molecule has 2 aromatic rings. The standard InChI is InChI=1S/C20H26BrN3O3S/c1-3-4-5-8-24-19(26)16-13-15(21)6-7-17(16)22-20(24)28-14(2)18(25)23-9-11-27-12-10-23/h6-7,13-14H,3-5,8-12H2,1-2H3. The number of ether oxygens (including phenoxy) is 1. The van der Waals surface area contributed by atoms with Crippen LogP contribution in [0, 0.1) is 0 Å². The predicted molar refractivity (Wildman–Crippen MR) is 116 cm³/mol. The molecule has 0 saturated carbocycles. The van der Waals surface area contributed by atoms with Crippen LogP contribution >= 0.6 is 27.7 Å². The summed E-state index contributed by atoms with van der Waals surface area (Å²) >= 11 is 4.81. The normalized spacial score (nSPS) is 15.8. The number of aromatic nitrogens is 2. The lowest BCUT2D eigenvalue weighted by molar-refractivity contribution is -0.134. The fourth-order valence-electron chi connectivity index (χ4n) is 3.23. The first-order chi connectivity index (χ1) is 13.5. The van der Waals surface area contributed by atoms with Gasteiger partial charge in [-0.1, -0.05) is 47.5 Å². The van der Waals surface area contributed by atoms with Crippen molar-refractivity contribution in [3.05, 3.63) is 33.0 Å². The monoisotopic (exact) mass is 467 g/mol. The first-order valence-corrected chi connectivity index (χ1v) is 11.4. The molecule has 0 bridgehead atoms. The summed E-state index contributed by atoms with van der Waals surface area (Å²) in [5.41, 5.74) is 0.615. The Kier molecular flexibility index (Phi) is 7.54. The van der Waals surface area contributed by atoms with Crippen molar-refractivity contribution in [3.63, 3.8) is 0 Å². The molecule has 0 aliphatic carbocycles. The van der Waals surface area contributed by atoms with Gasteiger partial charge < -0.3 is 9.64 Å². The van der Waals surface area contributed by atoms with Crippen molar-refractivity contribution >= 4 is 44.5 Å². The van der Waals surface area contributed by atoms with Crippen molar-refractivity contribution in [1.82, 2.24) is 14.5 Å². The van der Waals surface area contributed by atoms with Crippen molar-refractivity contribution in [2.75, 3.05) is 26.3 Å². The molecule has 1 atom stereocenters. The second-order valence-corrected chi connectivity index (χ2v) is 9.14. The molecule has 1 saturated heterocycles. The molecule has 8 heteroatoms. The van der Waals surface area contributed by atoms with Gasteiger partial charge in [-0.25, -0.2) is 4.98 Å². The zero-order valence-corrected chi connectivity index (χ0v) is 18.7. The van der Waals surface area contributed by atoms with Crippen LogP contribution < -0.4 is 5.56 Å². The van der Waals surface area contributed by atoms with E-state index in [4.69, 9.17) is 9.72 Å². The molecule has 1 unspecified atom stereocenters. The van der Waals surface area contributed by atoms with E-state index in [2.05, 4.69) is 22.9 Å². The summed E-state index contributed by atoms with van der Waals surface area (Å²) in [5.74, 6) is 0.0681. The van der Waals surface area contributed by atoms with Gasteiger partial charge in [0.05, 0.1) is 29.4 Å². The predicted octanol–water partition coefficient (Wildman–Crippen LogP) is 3.69. The van der Waals surface area contributed by atoms with Crippen molar-refractivity contribution in [3.8, 4) is 0 Å². The molecule has 1 aromatic heterocycles. The molecule has 1 amide bonds. The average Bonchev–Trinajstić information content (AvgIpc) is 2.71. The topological polar surface area (TPSA) is 64.4 Å². The number of hydrogen-bond donors (Lipinski definition) is 0. The number of morpholine rings is 1. The van der Waals surface area contributed by atoms with E-state index in [1.54, 1.807) is 4.57 Å². The van der Waals surface area contributed by atoms with Crippen molar-refractivity contribution in [2.45, 2.75) is 50.1 Å². The number of nitrogens with zero attached hydrogens (tertiary/aromatic N) is 3. The maximum atomic E-state index is 13.1. The third-order valence-corrected chi connectivity index (χ3v) is 6.39. The highest BCUT2D eigenvalue weighted by Gasteiger charge is 2.25. The molecule has 1 aliphatic rings. The minimum Gasteiger partial charge on any atom is -0.378 e. The Morgan fingerprint density at radius 2 is 2.07 bits per heavy atom. The fourth-order valence-corrected chi connectivity index (χ4v) is 4.61.